The molecule has 0 aromatic rings. The summed E-state index contributed by atoms with van der Waals surface area (Å²) in [6, 6.07) is -0.548. The molecule has 6 nitrogen and oxygen atoms in total. The highest BCUT2D eigenvalue weighted by atomic mass is 16.4. The molecule has 0 aliphatic carbocycles. The number of carbonyl (C=O) groups is 3. The standard InChI is InChI=1S/C15H26N2O4/c1-5-11(6-2)17-13(18)9-12(15(17)21)16(10(3)4)8-7-14(19)20/h10-12H,5-9H2,1-4H3,(H,19,20). The molecule has 2 amide bonds. The molecule has 1 heterocycles. The highest BCUT2D eigenvalue weighted by Gasteiger charge is 2.44. The van der Waals surface area contributed by atoms with Gasteiger partial charge in [0.05, 0.1) is 18.9 Å². The van der Waals surface area contributed by atoms with Gasteiger partial charge in [0.1, 0.15) is 0 Å². The Morgan fingerprint density at radius 1 is 1.33 bits per heavy atom. The molecule has 1 unspecified atom stereocenters. The third-order valence-corrected chi connectivity index (χ3v) is 4.11. The van der Waals surface area contributed by atoms with E-state index < -0.39 is 12.0 Å². The van der Waals surface area contributed by atoms with Crippen molar-refractivity contribution in [1.29, 1.82) is 0 Å². The van der Waals surface area contributed by atoms with Gasteiger partial charge in [-0.3, -0.25) is 24.2 Å². The van der Waals surface area contributed by atoms with Crippen molar-refractivity contribution in [2.75, 3.05) is 6.54 Å². The Hall–Kier alpha value is -1.43. The summed E-state index contributed by atoms with van der Waals surface area (Å²) < 4.78 is 0. The van der Waals surface area contributed by atoms with Crippen LogP contribution in [0.4, 0.5) is 0 Å². The van der Waals surface area contributed by atoms with Crippen LogP contribution >= 0.6 is 0 Å². The van der Waals surface area contributed by atoms with Crippen molar-refractivity contribution < 1.29 is 19.5 Å². The molecule has 1 aliphatic rings. The summed E-state index contributed by atoms with van der Waals surface area (Å²) in [5.41, 5.74) is 0. The largest absolute Gasteiger partial charge is 0.481 e. The van der Waals surface area contributed by atoms with Crippen LogP contribution in [0.2, 0.25) is 0 Å². The summed E-state index contributed by atoms with van der Waals surface area (Å²) in [4.78, 5) is 38.7. The Bertz CT molecular complexity index is 404. The molecule has 0 saturated carbocycles. The molecular formula is C15H26N2O4. The van der Waals surface area contributed by atoms with Gasteiger partial charge >= 0.3 is 5.97 Å². The lowest BCUT2D eigenvalue weighted by molar-refractivity contribution is -0.144. The van der Waals surface area contributed by atoms with Crippen molar-refractivity contribution in [3.8, 4) is 0 Å². The van der Waals surface area contributed by atoms with E-state index in [1.807, 2.05) is 32.6 Å². The zero-order valence-corrected chi connectivity index (χ0v) is 13.3. The van der Waals surface area contributed by atoms with Gasteiger partial charge in [0.2, 0.25) is 11.8 Å². The van der Waals surface area contributed by atoms with Crippen LogP contribution in [0.25, 0.3) is 0 Å². The second-order valence-corrected chi connectivity index (χ2v) is 5.77. The average molecular weight is 298 g/mol. The molecule has 21 heavy (non-hydrogen) atoms. The first kappa shape index (κ1) is 17.6. The second-order valence-electron chi connectivity index (χ2n) is 5.77. The maximum atomic E-state index is 12.6. The Balaban J connectivity index is 2.89. The first-order valence-corrected chi connectivity index (χ1v) is 7.66. The molecule has 120 valence electrons. The van der Waals surface area contributed by atoms with E-state index in [0.29, 0.717) is 0 Å². The Kier molecular flexibility index (Phi) is 6.33. The van der Waals surface area contributed by atoms with Crippen LogP contribution in [-0.4, -0.2) is 57.4 Å². The van der Waals surface area contributed by atoms with Crippen molar-refractivity contribution in [3.05, 3.63) is 0 Å². The molecule has 1 aliphatic heterocycles. The number of hydrogen-bond donors (Lipinski definition) is 1. The molecule has 0 aromatic carbocycles. The summed E-state index contributed by atoms with van der Waals surface area (Å²) in [5, 5.41) is 8.83. The third kappa shape index (κ3) is 4.03. The zero-order chi connectivity index (χ0) is 16.2. The Morgan fingerprint density at radius 3 is 2.33 bits per heavy atom. The van der Waals surface area contributed by atoms with Gasteiger partial charge < -0.3 is 5.11 Å². The molecular weight excluding hydrogens is 272 g/mol. The van der Waals surface area contributed by atoms with E-state index >= 15 is 0 Å². The van der Waals surface area contributed by atoms with E-state index in [1.165, 1.54) is 4.90 Å². The topological polar surface area (TPSA) is 77.9 Å². The molecule has 1 saturated heterocycles. The highest BCUT2D eigenvalue weighted by Crippen LogP contribution is 2.25. The van der Waals surface area contributed by atoms with Gasteiger partial charge in [-0.25, -0.2) is 0 Å². The number of hydrogen-bond acceptors (Lipinski definition) is 4. The minimum Gasteiger partial charge on any atom is -0.481 e. The van der Waals surface area contributed by atoms with Crippen LogP contribution in [0.1, 0.15) is 53.4 Å². The SMILES string of the molecule is CCC(CC)N1C(=O)CC(N(CCC(=O)O)C(C)C)C1=O. The molecule has 0 radical (unpaired) electrons. The number of carboxylic acid groups (broad SMARTS) is 1. The fourth-order valence-electron chi connectivity index (χ4n) is 2.93. The summed E-state index contributed by atoms with van der Waals surface area (Å²) in [6.45, 7) is 8.05. The summed E-state index contributed by atoms with van der Waals surface area (Å²) in [7, 11) is 0. The summed E-state index contributed by atoms with van der Waals surface area (Å²) in [5.74, 6) is -1.21. The minimum absolute atomic E-state index is 0.0211. The van der Waals surface area contributed by atoms with E-state index in [4.69, 9.17) is 5.11 Å². The Labute approximate surface area is 126 Å². The van der Waals surface area contributed by atoms with E-state index in [9.17, 15) is 14.4 Å². The van der Waals surface area contributed by atoms with E-state index in [1.54, 1.807) is 0 Å². The lowest BCUT2D eigenvalue weighted by Crippen LogP contribution is -2.48. The quantitative estimate of drug-likeness (QED) is 0.687. The number of rotatable bonds is 8. The lowest BCUT2D eigenvalue weighted by Gasteiger charge is -2.31. The maximum absolute atomic E-state index is 12.6. The normalized spacial score (nSPS) is 19.4. The molecule has 6 heteroatoms. The number of imide groups is 1. The van der Waals surface area contributed by atoms with Crippen molar-refractivity contribution in [2.24, 2.45) is 0 Å². The minimum atomic E-state index is -0.894. The smallest absolute Gasteiger partial charge is 0.304 e. The van der Waals surface area contributed by atoms with Crippen molar-refractivity contribution in [2.45, 2.75) is 71.5 Å². The fourth-order valence-corrected chi connectivity index (χ4v) is 2.93. The number of carbonyl (C=O) groups excluding carboxylic acids is 2. The second kappa shape index (κ2) is 7.54. The van der Waals surface area contributed by atoms with E-state index in [-0.39, 0.29) is 43.3 Å². The average Bonchev–Trinajstić information content (AvgIpc) is 2.68. The maximum Gasteiger partial charge on any atom is 0.304 e. The lowest BCUT2D eigenvalue weighted by atomic mass is 10.1. The molecule has 1 rings (SSSR count). The monoisotopic (exact) mass is 298 g/mol. The number of carboxylic acids is 1. The van der Waals surface area contributed by atoms with Crippen molar-refractivity contribution in [3.63, 3.8) is 0 Å². The van der Waals surface area contributed by atoms with Crippen LogP contribution in [0.3, 0.4) is 0 Å². The molecule has 0 spiro atoms. The molecule has 0 bridgehead atoms. The van der Waals surface area contributed by atoms with Crippen molar-refractivity contribution >= 4 is 17.8 Å². The first-order valence-electron chi connectivity index (χ1n) is 7.66. The fraction of sp³-hybridized carbons (Fsp3) is 0.800. The number of likely N-dealkylation sites (tertiary alicyclic amines) is 1. The van der Waals surface area contributed by atoms with Crippen LogP contribution in [0.5, 0.6) is 0 Å². The van der Waals surface area contributed by atoms with E-state index in [0.717, 1.165) is 12.8 Å². The predicted molar refractivity (Wildman–Crippen MR) is 78.7 cm³/mol. The van der Waals surface area contributed by atoms with Crippen LogP contribution in [-0.2, 0) is 14.4 Å². The van der Waals surface area contributed by atoms with Gasteiger partial charge in [-0.2, -0.15) is 0 Å². The molecule has 1 N–H and O–H groups in total. The van der Waals surface area contributed by atoms with Crippen LogP contribution < -0.4 is 0 Å². The highest BCUT2D eigenvalue weighted by molar-refractivity contribution is 6.05. The van der Waals surface area contributed by atoms with Gasteiger partial charge in [0.15, 0.2) is 0 Å². The molecule has 0 aromatic heterocycles. The van der Waals surface area contributed by atoms with Gasteiger partial charge in [-0.15, -0.1) is 0 Å². The number of nitrogens with zero attached hydrogens (tertiary/aromatic N) is 2. The van der Waals surface area contributed by atoms with Gasteiger partial charge in [0, 0.05) is 18.6 Å². The van der Waals surface area contributed by atoms with Crippen LogP contribution in [0, 0.1) is 0 Å². The van der Waals surface area contributed by atoms with Gasteiger partial charge in [-0.05, 0) is 26.7 Å². The van der Waals surface area contributed by atoms with Gasteiger partial charge in [-0.1, -0.05) is 13.8 Å². The molecule has 1 fully saturated rings. The van der Waals surface area contributed by atoms with Crippen LogP contribution in [0.15, 0.2) is 0 Å². The summed E-state index contributed by atoms with van der Waals surface area (Å²) in [6.07, 6.45) is 1.63. The van der Waals surface area contributed by atoms with Crippen molar-refractivity contribution in [1.82, 2.24) is 9.80 Å². The molecule has 1 atom stereocenters. The summed E-state index contributed by atoms with van der Waals surface area (Å²) >= 11 is 0. The first-order chi connectivity index (χ1) is 9.83. The van der Waals surface area contributed by atoms with E-state index in [2.05, 4.69) is 0 Å². The zero-order valence-electron chi connectivity index (χ0n) is 13.3. The van der Waals surface area contributed by atoms with Gasteiger partial charge in [0.25, 0.3) is 0 Å². The third-order valence-electron chi connectivity index (χ3n) is 4.11. The number of amides is 2. The number of aliphatic carboxylic acids is 1. The Morgan fingerprint density at radius 2 is 1.90 bits per heavy atom. The predicted octanol–water partition coefficient (Wildman–Crippen LogP) is 1.49.